The molecular formula is C22H26N4O3. The highest BCUT2D eigenvalue weighted by Crippen LogP contribution is 2.42. The van der Waals surface area contributed by atoms with Crippen LogP contribution in [0.2, 0.25) is 0 Å². The van der Waals surface area contributed by atoms with Crippen LogP contribution in [0, 0.1) is 5.92 Å². The number of imide groups is 1. The average molecular weight is 394 g/mol. The van der Waals surface area contributed by atoms with Gasteiger partial charge in [0.05, 0.1) is 0 Å². The predicted molar refractivity (Wildman–Crippen MR) is 108 cm³/mol. The molecule has 2 aliphatic heterocycles. The molecule has 1 atom stereocenters. The largest absolute Gasteiger partial charge is 0.361 e. The summed E-state index contributed by atoms with van der Waals surface area (Å²) in [5.41, 5.74) is 1.61. The first-order valence-electron chi connectivity index (χ1n) is 10.5. The molecule has 0 radical (unpaired) electrons. The molecule has 1 aliphatic carbocycles. The fraction of sp³-hybridized carbons (Fsp3) is 0.500. The predicted octanol–water partition coefficient (Wildman–Crippen LogP) is 2.59. The van der Waals surface area contributed by atoms with Gasteiger partial charge < -0.3 is 15.2 Å². The molecule has 5 rings (SSSR count). The van der Waals surface area contributed by atoms with Gasteiger partial charge in [-0.1, -0.05) is 18.2 Å². The molecule has 29 heavy (non-hydrogen) atoms. The van der Waals surface area contributed by atoms with Crippen LogP contribution in [0.5, 0.6) is 0 Å². The number of nitrogens with zero attached hydrogens (tertiary/aromatic N) is 2. The minimum Gasteiger partial charge on any atom is -0.361 e. The minimum atomic E-state index is -0.834. The number of piperidine rings is 1. The van der Waals surface area contributed by atoms with Crippen molar-refractivity contribution in [2.24, 2.45) is 5.92 Å². The van der Waals surface area contributed by atoms with Crippen molar-refractivity contribution in [3.05, 3.63) is 36.0 Å². The van der Waals surface area contributed by atoms with Crippen molar-refractivity contribution in [2.45, 2.75) is 44.1 Å². The monoisotopic (exact) mass is 394 g/mol. The summed E-state index contributed by atoms with van der Waals surface area (Å²) in [6.07, 6.45) is 5.75. The Bertz CT molecular complexity index is 987. The van der Waals surface area contributed by atoms with E-state index in [2.05, 4.69) is 28.6 Å². The Morgan fingerprint density at radius 2 is 1.86 bits per heavy atom. The van der Waals surface area contributed by atoms with E-state index in [1.807, 2.05) is 12.1 Å². The molecule has 3 fully saturated rings. The highest BCUT2D eigenvalue weighted by Gasteiger charge is 2.56. The molecule has 1 unspecified atom stereocenters. The molecule has 7 nitrogen and oxygen atoms in total. The lowest BCUT2D eigenvalue weighted by molar-refractivity contribution is -0.139. The van der Waals surface area contributed by atoms with E-state index in [0.717, 1.165) is 36.1 Å². The Balaban J connectivity index is 1.22. The highest BCUT2D eigenvalue weighted by atomic mass is 16.2. The van der Waals surface area contributed by atoms with Gasteiger partial charge in [0.15, 0.2) is 0 Å². The summed E-state index contributed by atoms with van der Waals surface area (Å²) in [7, 11) is 0. The fourth-order valence-corrected chi connectivity index (χ4v) is 4.90. The number of hydrogen-bond donors (Lipinski definition) is 2. The van der Waals surface area contributed by atoms with Crippen LogP contribution < -0.4 is 5.32 Å². The van der Waals surface area contributed by atoms with E-state index in [1.165, 1.54) is 10.9 Å². The van der Waals surface area contributed by atoms with Gasteiger partial charge in [-0.15, -0.1) is 0 Å². The molecule has 3 aliphatic rings. The van der Waals surface area contributed by atoms with E-state index in [4.69, 9.17) is 0 Å². The van der Waals surface area contributed by atoms with Crippen LogP contribution in [-0.2, 0) is 9.59 Å². The molecular weight excluding hydrogens is 368 g/mol. The molecule has 2 N–H and O–H groups in total. The number of nitrogens with one attached hydrogen (secondary N) is 2. The third-order valence-corrected chi connectivity index (χ3v) is 6.90. The number of rotatable bonds is 4. The summed E-state index contributed by atoms with van der Waals surface area (Å²) in [5, 5.41) is 4.05. The Hall–Kier alpha value is -2.83. The van der Waals surface area contributed by atoms with Crippen molar-refractivity contribution < 1.29 is 14.4 Å². The summed E-state index contributed by atoms with van der Waals surface area (Å²) >= 11 is 0. The fourth-order valence-electron chi connectivity index (χ4n) is 4.90. The van der Waals surface area contributed by atoms with Crippen LogP contribution in [0.25, 0.3) is 10.9 Å². The van der Waals surface area contributed by atoms with Gasteiger partial charge in [-0.05, 0) is 56.1 Å². The van der Waals surface area contributed by atoms with E-state index in [0.29, 0.717) is 19.0 Å². The summed E-state index contributed by atoms with van der Waals surface area (Å²) in [5.74, 6) is 0.203. The molecule has 1 saturated carbocycles. The van der Waals surface area contributed by atoms with Crippen molar-refractivity contribution >= 4 is 28.7 Å². The van der Waals surface area contributed by atoms with E-state index in [1.54, 1.807) is 11.8 Å². The van der Waals surface area contributed by atoms with Crippen LogP contribution in [0.3, 0.4) is 0 Å². The normalized spacial score (nSPS) is 25.7. The SMILES string of the molecule is CC1(C2CC2)NC(=O)N(CC(=O)N2CCC(c3c[nH]c4ccccc34)CC2)C1=O. The second-order valence-electron chi connectivity index (χ2n) is 8.74. The molecule has 0 bridgehead atoms. The molecule has 1 aromatic heterocycles. The van der Waals surface area contributed by atoms with Gasteiger partial charge in [0.2, 0.25) is 5.91 Å². The quantitative estimate of drug-likeness (QED) is 0.782. The molecule has 2 aromatic rings. The van der Waals surface area contributed by atoms with Crippen molar-refractivity contribution in [3.63, 3.8) is 0 Å². The summed E-state index contributed by atoms with van der Waals surface area (Å²) < 4.78 is 0. The van der Waals surface area contributed by atoms with E-state index in [-0.39, 0.29) is 24.3 Å². The van der Waals surface area contributed by atoms with Crippen molar-refractivity contribution in [1.29, 1.82) is 0 Å². The first kappa shape index (κ1) is 18.2. The molecule has 7 heteroatoms. The van der Waals surface area contributed by atoms with Gasteiger partial charge in [0, 0.05) is 30.2 Å². The number of amides is 4. The van der Waals surface area contributed by atoms with Crippen LogP contribution in [0.15, 0.2) is 30.5 Å². The summed E-state index contributed by atoms with van der Waals surface area (Å²) in [6.45, 7) is 2.91. The number of hydrogen-bond acceptors (Lipinski definition) is 3. The Labute approximate surface area is 169 Å². The number of aromatic nitrogens is 1. The van der Waals surface area contributed by atoms with Crippen LogP contribution in [0.1, 0.15) is 44.1 Å². The van der Waals surface area contributed by atoms with Crippen molar-refractivity contribution in [3.8, 4) is 0 Å². The molecule has 2 saturated heterocycles. The Kier molecular flexibility index (Phi) is 4.15. The molecule has 4 amide bonds. The Morgan fingerprint density at radius 1 is 1.14 bits per heavy atom. The zero-order valence-electron chi connectivity index (χ0n) is 16.6. The lowest BCUT2D eigenvalue weighted by atomic mass is 9.89. The number of likely N-dealkylation sites (tertiary alicyclic amines) is 1. The molecule has 1 aromatic carbocycles. The zero-order valence-corrected chi connectivity index (χ0v) is 16.6. The topological polar surface area (TPSA) is 85.5 Å². The minimum absolute atomic E-state index is 0.147. The van der Waals surface area contributed by atoms with Gasteiger partial charge in [-0.25, -0.2) is 4.79 Å². The van der Waals surface area contributed by atoms with Crippen molar-refractivity contribution in [1.82, 2.24) is 20.1 Å². The second kappa shape index (κ2) is 6.61. The maximum Gasteiger partial charge on any atom is 0.325 e. The van der Waals surface area contributed by atoms with Crippen LogP contribution >= 0.6 is 0 Å². The number of carbonyl (C=O) groups is 3. The number of para-hydroxylation sites is 1. The van der Waals surface area contributed by atoms with Crippen LogP contribution in [-0.4, -0.2) is 57.8 Å². The van der Waals surface area contributed by atoms with Gasteiger partial charge in [0.1, 0.15) is 12.1 Å². The molecule has 3 heterocycles. The third-order valence-electron chi connectivity index (χ3n) is 6.90. The lowest BCUT2D eigenvalue weighted by Gasteiger charge is -2.32. The van der Waals surface area contributed by atoms with Gasteiger partial charge in [-0.3, -0.25) is 14.5 Å². The third kappa shape index (κ3) is 2.99. The van der Waals surface area contributed by atoms with Crippen molar-refractivity contribution in [2.75, 3.05) is 19.6 Å². The lowest BCUT2D eigenvalue weighted by Crippen LogP contribution is -2.48. The number of urea groups is 1. The smallest absolute Gasteiger partial charge is 0.325 e. The van der Waals surface area contributed by atoms with E-state index < -0.39 is 11.6 Å². The average Bonchev–Trinajstić information content (AvgIpc) is 3.47. The zero-order chi connectivity index (χ0) is 20.2. The number of fused-ring (bicyclic) bond motifs is 1. The number of benzene rings is 1. The van der Waals surface area contributed by atoms with Gasteiger partial charge in [0.25, 0.3) is 5.91 Å². The number of aromatic amines is 1. The summed E-state index contributed by atoms with van der Waals surface area (Å²) in [4.78, 5) is 44.1. The van der Waals surface area contributed by atoms with Crippen LogP contribution in [0.4, 0.5) is 4.79 Å². The first-order valence-corrected chi connectivity index (χ1v) is 10.5. The molecule has 152 valence electrons. The number of carbonyl (C=O) groups excluding carboxylic acids is 3. The maximum atomic E-state index is 12.8. The van der Waals surface area contributed by atoms with Gasteiger partial charge >= 0.3 is 6.03 Å². The van der Waals surface area contributed by atoms with E-state index >= 15 is 0 Å². The first-order chi connectivity index (χ1) is 14.0. The summed E-state index contributed by atoms with van der Waals surface area (Å²) in [6, 6.07) is 7.84. The van der Waals surface area contributed by atoms with E-state index in [9.17, 15) is 14.4 Å². The standard InChI is InChI=1S/C22H26N4O3/c1-22(15-6-7-15)20(28)26(21(29)24-22)13-19(27)25-10-8-14(9-11-25)17-12-23-18-5-3-2-4-16(17)18/h2-5,12,14-15,23H,6-11,13H2,1H3,(H,24,29). The van der Waals surface area contributed by atoms with Gasteiger partial charge in [-0.2, -0.15) is 0 Å². The second-order valence-corrected chi connectivity index (χ2v) is 8.74. The maximum absolute atomic E-state index is 12.8. The highest BCUT2D eigenvalue weighted by molar-refractivity contribution is 6.09. The molecule has 0 spiro atoms. The Morgan fingerprint density at radius 3 is 2.59 bits per heavy atom. The number of H-pyrrole nitrogens is 1.